The molecule has 0 aliphatic heterocycles. The van der Waals surface area contributed by atoms with Crippen molar-refractivity contribution in [2.45, 2.75) is 19.6 Å². The first-order chi connectivity index (χ1) is 9.06. The molecule has 4 nitrogen and oxygen atoms in total. The summed E-state index contributed by atoms with van der Waals surface area (Å²) in [5.74, 6) is -0.729. The van der Waals surface area contributed by atoms with Gasteiger partial charge < -0.3 is 14.9 Å². The Bertz CT molecular complexity index is 557. The van der Waals surface area contributed by atoms with Crippen LogP contribution >= 0.6 is 0 Å². The van der Waals surface area contributed by atoms with Gasteiger partial charge in [0.05, 0.1) is 11.8 Å². The third-order valence-corrected chi connectivity index (χ3v) is 2.64. The first-order valence-corrected chi connectivity index (χ1v) is 5.82. The van der Waals surface area contributed by atoms with Crippen molar-refractivity contribution < 1.29 is 18.4 Å². The Morgan fingerprint density at radius 1 is 1.37 bits per heavy atom. The van der Waals surface area contributed by atoms with Gasteiger partial charge in [-0.15, -0.1) is 0 Å². The van der Waals surface area contributed by atoms with Gasteiger partial charge in [0.1, 0.15) is 17.4 Å². The Morgan fingerprint density at radius 3 is 2.79 bits per heavy atom. The van der Waals surface area contributed by atoms with Crippen LogP contribution in [0.1, 0.15) is 23.1 Å². The molecule has 0 spiro atoms. The molecule has 1 aromatic heterocycles. The molecule has 0 aliphatic carbocycles. The molecule has 2 rings (SSSR count). The molecule has 0 saturated heterocycles. The molecule has 0 fully saturated rings. The monoisotopic (exact) mass is 268 g/mol. The van der Waals surface area contributed by atoms with Gasteiger partial charge in [-0.05, 0) is 13.0 Å². The normalized spacial score (nSPS) is 12.6. The molecular formula is C13H14F2N2O2. The van der Waals surface area contributed by atoms with Crippen LogP contribution in [0.5, 0.6) is 0 Å². The third-order valence-electron chi connectivity index (χ3n) is 2.64. The summed E-state index contributed by atoms with van der Waals surface area (Å²) < 4.78 is 31.0. The van der Waals surface area contributed by atoms with Crippen molar-refractivity contribution in [3.05, 3.63) is 52.9 Å². The number of aromatic nitrogens is 1. The molecule has 0 aliphatic rings. The van der Waals surface area contributed by atoms with Crippen LogP contribution in [0.3, 0.4) is 0 Å². The van der Waals surface area contributed by atoms with Crippen molar-refractivity contribution in [2.75, 3.05) is 6.54 Å². The second kappa shape index (κ2) is 5.90. The topological polar surface area (TPSA) is 58.3 Å². The fourth-order valence-corrected chi connectivity index (χ4v) is 1.72. The second-order valence-electron chi connectivity index (χ2n) is 4.24. The lowest BCUT2D eigenvalue weighted by atomic mass is 10.1. The lowest BCUT2D eigenvalue weighted by Gasteiger charge is -2.12. The summed E-state index contributed by atoms with van der Waals surface area (Å²) in [6, 6.07) is 4.86. The number of aliphatic hydroxyl groups is 1. The van der Waals surface area contributed by atoms with Gasteiger partial charge in [-0.2, -0.15) is 0 Å². The minimum absolute atomic E-state index is 0.0604. The van der Waals surface area contributed by atoms with Crippen molar-refractivity contribution in [1.82, 2.24) is 10.5 Å². The highest BCUT2D eigenvalue weighted by atomic mass is 19.1. The molecule has 0 saturated carbocycles. The van der Waals surface area contributed by atoms with Crippen LogP contribution in [0.15, 0.2) is 28.8 Å². The molecule has 0 amide bonds. The summed E-state index contributed by atoms with van der Waals surface area (Å²) in [6.07, 6.45) is -1.05. The van der Waals surface area contributed by atoms with Crippen LogP contribution in [0.25, 0.3) is 0 Å². The number of hydrogen-bond acceptors (Lipinski definition) is 4. The smallest absolute Gasteiger partial charge is 0.133 e. The molecule has 2 aromatic rings. The van der Waals surface area contributed by atoms with Crippen molar-refractivity contribution >= 4 is 0 Å². The molecule has 6 heteroatoms. The largest absolute Gasteiger partial charge is 0.387 e. The number of aryl methyl sites for hydroxylation is 1. The Labute approximate surface area is 109 Å². The number of nitrogens with zero attached hydrogens (tertiary/aromatic N) is 1. The Hall–Kier alpha value is -1.79. The Morgan fingerprint density at radius 2 is 2.16 bits per heavy atom. The van der Waals surface area contributed by atoms with E-state index in [9.17, 15) is 13.9 Å². The number of aliphatic hydroxyl groups excluding tert-OH is 1. The summed E-state index contributed by atoms with van der Waals surface area (Å²) >= 11 is 0. The average Bonchev–Trinajstić information content (AvgIpc) is 2.75. The van der Waals surface area contributed by atoms with Gasteiger partial charge in [-0.3, -0.25) is 0 Å². The fraction of sp³-hybridized carbons (Fsp3) is 0.308. The van der Waals surface area contributed by atoms with Crippen LogP contribution in [-0.2, 0) is 6.54 Å². The zero-order valence-electron chi connectivity index (χ0n) is 10.4. The molecule has 1 aromatic carbocycles. The van der Waals surface area contributed by atoms with Crippen LogP contribution < -0.4 is 5.32 Å². The first kappa shape index (κ1) is 13.6. The van der Waals surface area contributed by atoms with E-state index in [1.807, 2.05) is 0 Å². The van der Waals surface area contributed by atoms with Gasteiger partial charge in [-0.25, -0.2) is 8.78 Å². The van der Waals surface area contributed by atoms with Crippen molar-refractivity contribution in [3.8, 4) is 0 Å². The SMILES string of the molecule is Cc1cc(CNCC(O)c2ccc(F)cc2F)no1. The second-order valence-corrected chi connectivity index (χ2v) is 4.24. The maximum Gasteiger partial charge on any atom is 0.133 e. The van der Waals surface area contributed by atoms with Gasteiger partial charge in [0.15, 0.2) is 0 Å². The van der Waals surface area contributed by atoms with Crippen molar-refractivity contribution in [3.63, 3.8) is 0 Å². The first-order valence-electron chi connectivity index (χ1n) is 5.82. The van der Waals surface area contributed by atoms with Gasteiger partial charge in [0.2, 0.25) is 0 Å². The lowest BCUT2D eigenvalue weighted by molar-refractivity contribution is 0.169. The summed E-state index contributed by atoms with van der Waals surface area (Å²) in [5, 5.41) is 16.5. The molecule has 1 heterocycles. The lowest BCUT2D eigenvalue weighted by Crippen LogP contribution is -2.21. The van der Waals surface area contributed by atoms with Gasteiger partial charge in [0.25, 0.3) is 0 Å². The zero-order valence-corrected chi connectivity index (χ0v) is 10.4. The molecule has 19 heavy (non-hydrogen) atoms. The van der Waals surface area contributed by atoms with Crippen LogP contribution in [0, 0.1) is 18.6 Å². The highest BCUT2D eigenvalue weighted by Crippen LogP contribution is 2.17. The van der Waals surface area contributed by atoms with E-state index < -0.39 is 17.7 Å². The molecule has 1 unspecified atom stereocenters. The number of nitrogens with one attached hydrogen (secondary N) is 1. The fourth-order valence-electron chi connectivity index (χ4n) is 1.72. The van der Waals surface area contributed by atoms with Crippen LogP contribution in [0.4, 0.5) is 8.78 Å². The third kappa shape index (κ3) is 3.59. The van der Waals surface area contributed by atoms with E-state index in [1.165, 1.54) is 6.07 Å². The van der Waals surface area contributed by atoms with Gasteiger partial charge in [0, 0.05) is 30.8 Å². The maximum absolute atomic E-state index is 13.4. The van der Waals surface area contributed by atoms with E-state index in [1.54, 1.807) is 13.0 Å². The summed E-state index contributed by atoms with van der Waals surface area (Å²) in [7, 11) is 0. The van der Waals surface area contributed by atoms with E-state index in [4.69, 9.17) is 4.52 Å². The number of benzene rings is 1. The highest BCUT2D eigenvalue weighted by molar-refractivity contribution is 5.21. The summed E-state index contributed by atoms with van der Waals surface area (Å²) in [4.78, 5) is 0. The molecular weight excluding hydrogens is 254 g/mol. The molecule has 0 bridgehead atoms. The number of hydrogen-bond donors (Lipinski definition) is 2. The quantitative estimate of drug-likeness (QED) is 0.871. The predicted molar refractivity (Wildman–Crippen MR) is 64.3 cm³/mol. The molecule has 0 radical (unpaired) electrons. The van der Waals surface area contributed by atoms with Crippen molar-refractivity contribution in [1.29, 1.82) is 0 Å². The van der Waals surface area contributed by atoms with E-state index in [0.717, 1.165) is 12.1 Å². The predicted octanol–water partition coefficient (Wildman–Crippen LogP) is 2.08. The molecule has 102 valence electrons. The minimum Gasteiger partial charge on any atom is -0.387 e. The summed E-state index contributed by atoms with van der Waals surface area (Å²) in [5.41, 5.74) is 0.759. The van der Waals surface area contributed by atoms with E-state index in [2.05, 4.69) is 10.5 Å². The van der Waals surface area contributed by atoms with E-state index in [-0.39, 0.29) is 12.1 Å². The maximum atomic E-state index is 13.4. The summed E-state index contributed by atoms with van der Waals surface area (Å²) in [6.45, 7) is 2.31. The molecule has 1 atom stereocenters. The van der Waals surface area contributed by atoms with Crippen LogP contribution in [0.2, 0.25) is 0 Å². The molecule has 2 N–H and O–H groups in total. The number of halogens is 2. The van der Waals surface area contributed by atoms with E-state index in [0.29, 0.717) is 18.0 Å². The minimum atomic E-state index is -1.05. The highest BCUT2D eigenvalue weighted by Gasteiger charge is 2.13. The number of rotatable bonds is 5. The van der Waals surface area contributed by atoms with E-state index >= 15 is 0 Å². The average molecular weight is 268 g/mol. The Kier molecular flexibility index (Phi) is 4.24. The van der Waals surface area contributed by atoms with Gasteiger partial charge >= 0.3 is 0 Å². The standard InChI is InChI=1S/C13H14F2N2O2/c1-8-4-10(17-19-8)6-16-7-13(18)11-3-2-9(14)5-12(11)15/h2-5,13,16,18H,6-7H2,1H3. The Balaban J connectivity index is 1.88. The van der Waals surface area contributed by atoms with Gasteiger partial charge in [-0.1, -0.05) is 11.2 Å². The zero-order chi connectivity index (χ0) is 13.8. The van der Waals surface area contributed by atoms with Crippen molar-refractivity contribution in [2.24, 2.45) is 0 Å². The van der Waals surface area contributed by atoms with Crippen LogP contribution in [-0.4, -0.2) is 16.8 Å².